The number of nitrogens with zero attached hydrogens (tertiary/aromatic N) is 5. The van der Waals surface area contributed by atoms with Crippen molar-refractivity contribution in [1.82, 2.24) is 19.8 Å². The third kappa shape index (κ3) is 5.80. The van der Waals surface area contributed by atoms with E-state index in [1.54, 1.807) is 4.90 Å². The van der Waals surface area contributed by atoms with Crippen molar-refractivity contribution in [3.63, 3.8) is 0 Å². The highest BCUT2D eigenvalue weighted by molar-refractivity contribution is 5.94. The van der Waals surface area contributed by atoms with Gasteiger partial charge in [-0.1, -0.05) is 26.0 Å². The van der Waals surface area contributed by atoms with Crippen LogP contribution in [0.25, 0.3) is 0 Å². The number of hydrogen-bond donors (Lipinski definition) is 1. The topological polar surface area (TPSA) is 92.3 Å². The molecule has 2 fully saturated rings. The zero-order valence-corrected chi connectivity index (χ0v) is 23.6. The van der Waals surface area contributed by atoms with Gasteiger partial charge < -0.3 is 24.4 Å². The van der Waals surface area contributed by atoms with Gasteiger partial charge >= 0.3 is 6.03 Å². The van der Waals surface area contributed by atoms with E-state index in [-0.39, 0.29) is 23.9 Å². The number of ether oxygens (including phenoxy) is 3. The molecule has 2 atom stereocenters. The number of carbonyl (C=O) groups is 1. The molecule has 4 aliphatic heterocycles. The summed E-state index contributed by atoms with van der Waals surface area (Å²) >= 11 is 0. The highest BCUT2D eigenvalue weighted by atomic mass is 16.5. The lowest BCUT2D eigenvalue weighted by atomic mass is 9.87. The van der Waals surface area contributed by atoms with Gasteiger partial charge in [0.2, 0.25) is 5.95 Å². The van der Waals surface area contributed by atoms with E-state index in [0.717, 1.165) is 42.2 Å². The fourth-order valence-electron chi connectivity index (χ4n) is 6.33. The van der Waals surface area contributed by atoms with Gasteiger partial charge in [0.15, 0.2) is 0 Å². The number of urea groups is 1. The largest absolute Gasteiger partial charge is 0.492 e. The molecule has 6 rings (SSSR count). The number of aromatic nitrogens is 2. The minimum atomic E-state index is -0.0295. The van der Waals surface area contributed by atoms with Crippen molar-refractivity contribution in [1.29, 1.82) is 0 Å². The average molecular weight is 549 g/mol. The zero-order chi connectivity index (χ0) is 27.5. The molecule has 1 aromatic heterocycles. The number of anilines is 3. The third-order valence-electron chi connectivity index (χ3n) is 8.31. The van der Waals surface area contributed by atoms with Crippen molar-refractivity contribution in [2.24, 2.45) is 11.8 Å². The lowest BCUT2D eigenvalue weighted by molar-refractivity contribution is -0.0324. The summed E-state index contributed by atoms with van der Waals surface area (Å²) in [6.45, 7) is 11.3. The Labute approximate surface area is 236 Å². The molecular formula is C30H40N6O4. The van der Waals surface area contributed by atoms with E-state index in [2.05, 4.69) is 29.0 Å². The van der Waals surface area contributed by atoms with Crippen molar-refractivity contribution in [3.8, 4) is 5.75 Å². The first kappa shape index (κ1) is 27.0. The van der Waals surface area contributed by atoms with Gasteiger partial charge in [-0.2, -0.15) is 4.98 Å². The lowest BCUT2D eigenvalue weighted by Crippen LogP contribution is -2.57. The molecule has 10 heteroatoms. The van der Waals surface area contributed by atoms with Crippen LogP contribution in [-0.4, -0.2) is 84.4 Å². The molecule has 10 nitrogen and oxygen atoms in total. The number of likely N-dealkylation sites (tertiary alicyclic amines) is 1. The SMILES string of the molecule is CC1COCC(C)C1N1Cc2cnc3nc2N(C/C=C\COCc2cc(ccc2OCCN2CCCC2)N3)C1=O. The Balaban J connectivity index is 1.24. The van der Waals surface area contributed by atoms with Crippen molar-refractivity contribution in [2.75, 3.05) is 62.8 Å². The monoisotopic (exact) mass is 548 g/mol. The second kappa shape index (κ2) is 12.1. The lowest BCUT2D eigenvalue weighted by Gasteiger charge is -2.46. The first-order valence-electron chi connectivity index (χ1n) is 14.6. The molecule has 2 unspecified atom stereocenters. The maximum Gasteiger partial charge on any atom is 0.326 e. The summed E-state index contributed by atoms with van der Waals surface area (Å²) in [7, 11) is 0. The van der Waals surface area contributed by atoms with Crippen LogP contribution >= 0.6 is 0 Å². The summed E-state index contributed by atoms with van der Waals surface area (Å²) in [4.78, 5) is 29.5. The summed E-state index contributed by atoms with van der Waals surface area (Å²) in [6, 6.07) is 6.05. The molecule has 1 aromatic carbocycles. The molecular weight excluding hydrogens is 508 g/mol. The van der Waals surface area contributed by atoms with E-state index in [4.69, 9.17) is 19.2 Å². The molecule has 40 heavy (non-hydrogen) atoms. The number of fused-ring (bicyclic) bond motifs is 3. The van der Waals surface area contributed by atoms with Gasteiger partial charge in [0.25, 0.3) is 0 Å². The van der Waals surface area contributed by atoms with E-state index in [0.29, 0.717) is 57.9 Å². The number of carbonyl (C=O) groups excluding carboxylic acids is 1. The van der Waals surface area contributed by atoms with Crippen LogP contribution in [0.3, 0.4) is 0 Å². The van der Waals surface area contributed by atoms with Crippen LogP contribution in [0, 0.1) is 11.8 Å². The summed E-state index contributed by atoms with van der Waals surface area (Å²) in [6.07, 6.45) is 8.34. The molecule has 1 N–H and O–H groups in total. The third-order valence-corrected chi connectivity index (χ3v) is 8.31. The van der Waals surface area contributed by atoms with Gasteiger partial charge in [-0.3, -0.25) is 9.80 Å². The molecule has 214 valence electrons. The highest BCUT2D eigenvalue weighted by Gasteiger charge is 2.41. The van der Waals surface area contributed by atoms with E-state index >= 15 is 0 Å². The van der Waals surface area contributed by atoms with Gasteiger partial charge in [-0.15, -0.1) is 0 Å². The quantitative estimate of drug-likeness (QED) is 0.556. The molecule has 0 radical (unpaired) electrons. The van der Waals surface area contributed by atoms with Crippen molar-refractivity contribution in [2.45, 2.75) is 45.9 Å². The van der Waals surface area contributed by atoms with Gasteiger partial charge in [0, 0.05) is 54.0 Å². The Morgan fingerprint density at radius 1 is 1.07 bits per heavy atom. The number of amides is 2. The first-order valence-corrected chi connectivity index (χ1v) is 14.6. The summed E-state index contributed by atoms with van der Waals surface area (Å²) < 4.78 is 17.9. The standard InChI is InChI=1S/C30H40N6O4/c1-21-18-39-19-22(2)27(21)36-17-24-16-31-29-32-25-7-8-26(40-14-12-34-9-3-4-10-34)23(15-25)20-38-13-6-5-11-35(30(36)37)28(24)33-29/h5-8,15-16,21-22,27H,3-4,9-14,17-20H2,1-2H3,(H,31,32,33)/b6-5-. The van der Waals surface area contributed by atoms with Crippen LogP contribution in [0.2, 0.25) is 0 Å². The summed E-state index contributed by atoms with van der Waals surface area (Å²) in [5.74, 6) is 2.44. The highest BCUT2D eigenvalue weighted by Crippen LogP contribution is 2.35. The molecule has 2 amide bonds. The van der Waals surface area contributed by atoms with Crippen LogP contribution in [0.4, 0.5) is 22.2 Å². The van der Waals surface area contributed by atoms with E-state index in [1.165, 1.54) is 12.8 Å². The van der Waals surface area contributed by atoms with E-state index < -0.39 is 0 Å². The molecule has 4 aliphatic rings. The summed E-state index contributed by atoms with van der Waals surface area (Å²) in [5.41, 5.74) is 2.76. The number of benzene rings is 1. The van der Waals surface area contributed by atoms with Crippen LogP contribution in [0.5, 0.6) is 5.75 Å². The number of nitrogens with one attached hydrogen (secondary N) is 1. The molecule has 4 bridgehead atoms. The number of hydrogen-bond acceptors (Lipinski definition) is 8. The predicted octanol–water partition coefficient (Wildman–Crippen LogP) is 4.19. The smallest absolute Gasteiger partial charge is 0.326 e. The van der Waals surface area contributed by atoms with Gasteiger partial charge in [-0.25, -0.2) is 9.78 Å². The van der Waals surface area contributed by atoms with E-state index in [9.17, 15) is 4.79 Å². The van der Waals surface area contributed by atoms with E-state index in [1.807, 2.05) is 41.4 Å². The normalized spacial score (nSPS) is 26.2. The van der Waals surface area contributed by atoms with Crippen molar-refractivity contribution < 1.29 is 19.0 Å². The molecule has 0 saturated carbocycles. The number of rotatable bonds is 5. The molecule has 2 saturated heterocycles. The second-order valence-electron chi connectivity index (χ2n) is 11.4. The fourth-order valence-corrected chi connectivity index (χ4v) is 6.33. The molecule has 5 heterocycles. The Morgan fingerprint density at radius 3 is 2.73 bits per heavy atom. The molecule has 0 spiro atoms. The Morgan fingerprint density at radius 2 is 1.90 bits per heavy atom. The Bertz CT molecular complexity index is 1220. The Hall–Kier alpha value is -3.21. The second-order valence-corrected chi connectivity index (χ2v) is 11.4. The fraction of sp³-hybridized carbons (Fsp3) is 0.567. The predicted molar refractivity (Wildman–Crippen MR) is 153 cm³/mol. The zero-order valence-electron chi connectivity index (χ0n) is 23.6. The molecule has 0 aliphatic carbocycles. The van der Waals surface area contributed by atoms with Crippen LogP contribution in [-0.2, 0) is 22.6 Å². The molecule has 2 aromatic rings. The Kier molecular flexibility index (Phi) is 8.17. The maximum atomic E-state index is 13.9. The van der Waals surface area contributed by atoms with Gasteiger partial charge in [-0.05, 0) is 44.1 Å². The minimum absolute atomic E-state index is 0.0295. The van der Waals surface area contributed by atoms with Crippen LogP contribution in [0.1, 0.15) is 37.8 Å². The van der Waals surface area contributed by atoms with Gasteiger partial charge in [0.05, 0.1) is 33.0 Å². The summed E-state index contributed by atoms with van der Waals surface area (Å²) in [5, 5.41) is 3.34. The minimum Gasteiger partial charge on any atom is -0.492 e. The van der Waals surface area contributed by atoms with Gasteiger partial charge in [0.1, 0.15) is 18.2 Å². The first-order chi connectivity index (χ1) is 19.6. The maximum absolute atomic E-state index is 13.9. The average Bonchev–Trinajstić information content (AvgIpc) is 3.46. The van der Waals surface area contributed by atoms with Crippen molar-refractivity contribution in [3.05, 3.63) is 47.7 Å². The van der Waals surface area contributed by atoms with Crippen LogP contribution < -0.4 is 15.0 Å². The van der Waals surface area contributed by atoms with Crippen LogP contribution in [0.15, 0.2) is 36.5 Å². The van der Waals surface area contributed by atoms with Crippen molar-refractivity contribution >= 4 is 23.5 Å².